The summed E-state index contributed by atoms with van der Waals surface area (Å²) in [7, 11) is 3.67. The molecule has 0 saturated heterocycles. The van der Waals surface area contributed by atoms with Gasteiger partial charge in [-0.3, -0.25) is 0 Å². The minimum Gasteiger partial charge on any atom is -0.397 e. The number of anilines is 2. The molecule has 0 radical (unpaired) electrons. The maximum absolute atomic E-state index is 5.68. The molecule has 0 fully saturated rings. The fourth-order valence-corrected chi connectivity index (χ4v) is 1.10. The van der Waals surface area contributed by atoms with Crippen molar-refractivity contribution in [3.8, 4) is 0 Å². The summed E-state index contributed by atoms with van der Waals surface area (Å²) >= 11 is 0. The Kier molecular flexibility index (Phi) is 3.71. The highest BCUT2D eigenvalue weighted by Gasteiger charge is 2.03. The quantitative estimate of drug-likeness (QED) is 0.780. The SMILES string of the molecule is COCCN(C)c1cc(C)c(N)cn1. The largest absolute Gasteiger partial charge is 0.397 e. The molecule has 0 spiro atoms. The van der Waals surface area contributed by atoms with Crippen LogP contribution in [0.5, 0.6) is 0 Å². The molecule has 4 heteroatoms. The van der Waals surface area contributed by atoms with Gasteiger partial charge < -0.3 is 15.4 Å². The van der Waals surface area contributed by atoms with Crippen molar-refractivity contribution in [2.45, 2.75) is 6.92 Å². The molecule has 1 aromatic heterocycles. The summed E-state index contributed by atoms with van der Waals surface area (Å²) in [5.41, 5.74) is 7.47. The molecular formula is C10H17N3O. The van der Waals surface area contributed by atoms with Crippen LogP contribution >= 0.6 is 0 Å². The van der Waals surface area contributed by atoms with Crippen LogP contribution in [0.3, 0.4) is 0 Å². The van der Waals surface area contributed by atoms with E-state index in [4.69, 9.17) is 10.5 Å². The first-order valence-electron chi connectivity index (χ1n) is 4.57. The Bertz CT molecular complexity index is 301. The molecule has 1 rings (SSSR count). The summed E-state index contributed by atoms with van der Waals surface area (Å²) in [6.07, 6.45) is 1.69. The number of aromatic nitrogens is 1. The van der Waals surface area contributed by atoms with E-state index in [2.05, 4.69) is 4.98 Å². The van der Waals surface area contributed by atoms with Gasteiger partial charge in [-0.1, -0.05) is 0 Å². The first kappa shape index (κ1) is 10.8. The Morgan fingerprint density at radius 3 is 2.86 bits per heavy atom. The molecule has 1 heterocycles. The van der Waals surface area contributed by atoms with Gasteiger partial charge in [-0.2, -0.15) is 0 Å². The van der Waals surface area contributed by atoms with E-state index in [1.807, 2.05) is 24.9 Å². The maximum Gasteiger partial charge on any atom is 0.128 e. The summed E-state index contributed by atoms with van der Waals surface area (Å²) in [6.45, 7) is 3.50. The third-order valence-corrected chi connectivity index (χ3v) is 2.16. The highest BCUT2D eigenvalue weighted by atomic mass is 16.5. The van der Waals surface area contributed by atoms with Gasteiger partial charge in [-0.15, -0.1) is 0 Å². The minimum absolute atomic E-state index is 0.696. The fourth-order valence-electron chi connectivity index (χ4n) is 1.10. The van der Waals surface area contributed by atoms with E-state index in [-0.39, 0.29) is 0 Å². The second-order valence-electron chi connectivity index (χ2n) is 3.31. The Hall–Kier alpha value is -1.29. The molecule has 0 saturated carbocycles. The molecule has 0 unspecified atom stereocenters. The molecule has 0 bridgehead atoms. The lowest BCUT2D eigenvalue weighted by Crippen LogP contribution is -2.23. The molecule has 2 N–H and O–H groups in total. The third-order valence-electron chi connectivity index (χ3n) is 2.16. The zero-order valence-electron chi connectivity index (χ0n) is 8.95. The van der Waals surface area contributed by atoms with E-state index in [1.165, 1.54) is 0 Å². The van der Waals surface area contributed by atoms with E-state index >= 15 is 0 Å². The zero-order valence-corrected chi connectivity index (χ0v) is 8.95. The van der Waals surface area contributed by atoms with Crippen molar-refractivity contribution in [2.24, 2.45) is 0 Å². The van der Waals surface area contributed by atoms with Crippen LogP contribution in [0.2, 0.25) is 0 Å². The van der Waals surface area contributed by atoms with Gasteiger partial charge in [0.2, 0.25) is 0 Å². The van der Waals surface area contributed by atoms with Gasteiger partial charge in [0.05, 0.1) is 18.5 Å². The molecule has 0 aromatic carbocycles. The number of nitrogens with two attached hydrogens (primary N) is 1. The topological polar surface area (TPSA) is 51.4 Å². The number of pyridine rings is 1. The van der Waals surface area contributed by atoms with Crippen LogP contribution in [0.15, 0.2) is 12.3 Å². The summed E-state index contributed by atoms with van der Waals surface area (Å²) in [6, 6.07) is 1.98. The zero-order chi connectivity index (χ0) is 10.6. The van der Waals surface area contributed by atoms with Gasteiger partial charge in [0.15, 0.2) is 0 Å². The molecule has 1 aromatic rings. The first-order chi connectivity index (χ1) is 6.65. The monoisotopic (exact) mass is 195 g/mol. The summed E-state index contributed by atoms with van der Waals surface area (Å²) in [4.78, 5) is 6.27. The van der Waals surface area contributed by atoms with Gasteiger partial charge in [-0.25, -0.2) is 4.98 Å². The number of hydrogen-bond donors (Lipinski definition) is 1. The van der Waals surface area contributed by atoms with E-state index < -0.39 is 0 Å². The normalized spacial score (nSPS) is 10.2. The van der Waals surface area contributed by atoms with Gasteiger partial charge in [-0.05, 0) is 18.6 Å². The Morgan fingerprint density at radius 2 is 2.29 bits per heavy atom. The number of rotatable bonds is 4. The predicted molar refractivity (Wildman–Crippen MR) is 58.5 cm³/mol. The summed E-state index contributed by atoms with van der Waals surface area (Å²) in [5.74, 6) is 0.925. The molecule has 14 heavy (non-hydrogen) atoms. The van der Waals surface area contributed by atoms with Crippen molar-refractivity contribution in [1.29, 1.82) is 0 Å². The van der Waals surface area contributed by atoms with E-state index in [9.17, 15) is 0 Å². The number of hydrogen-bond acceptors (Lipinski definition) is 4. The number of nitrogen functional groups attached to an aromatic ring is 1. The predicted octanol–water partition coefficient (Wildman–Crippen LogP) is 1.05. The number of ether oxygens (including phenoxy) is 1. The first-order valence-corrected chi connectivity index (χ1v) is 4.57. The van der Waals surface area contributed by atoms with Crippen LogP contribution in [0.4, 0.5) is 11.5 Å². The van der Waals surface area contributed by atoms with Crippen molar-refractivity contribution >= 4 is 11.5 Å². The molecule has 0 atom stereocenters. The van der Waals surface area contributed by atoms with Gasteiger partial charge in [0, 0.05) is 20.7 Å². The van der Waals surface area contributed by atoms with Crippen molar-refractivity contribution in [3.05, 3.63) is 17.8 Å². The lowest BCUT2D eigenvalue weighted by Gasteiger charge is -2.18. The lowest BCUT2D eigenvalue weighted by atomic mass is 10.2. The molecule has 0 aliphatic rings. The summed E-state index contributed by atoms with van der Waals surface area (Å²) in [5, 5.41) is 0. The number of methoxy groups -OCH3 is 1. The second-order valence-corrected chi connectivity index (χ2v) is 3.31. The number of likely N-dealkylation sites (N-methyl/N-ethyl adjacent to an activating group) is 1. The van der Waals surface area contributed by atoms with Crippen molar-refractivity contribution < 1.29 is 4.74 Å². The van der Waals surface area contributed by atoms with Crippen LogP contribution in [0.25, 0.3) is 0 Å². The number of aryl methyl sites for hydroxylation is 1. The van der Waals surface area contributed by atoms with Crippen molar-refractivity contribution in [1.82, 2.24) is 4.98 Å². The molecule has 78 valence electrons. The van der Waals surface area contributed by atoms with E-state index in [0.717, 1.165) is 23.6 Å². The highest BCUT2D eigenvalue weighted by molar-refractivity contribution is 5.51. The second kappa shape index (κ2) is 4.81. The minimum atomic E-state index is 0.696. The maximum atomic E-state index is 5.68. The van der Waals surface area contributed by atoms with Crippen LogP contribution in [-0.4, -0.2) is 32.3 Å². The molecule has 0 aliphatic carbocycles. The Morgan fingerprint density at radius 1 is 1.57 bits per heavy atom. The average molecular weight is 195 g/mol. The summed E-state index contributed by atoms with van der Waals surface area (Å²) < 4.78 is 4.99. The highest BCUT2D eigenvalue weighted by Crippen LogP contribution is 2.15. The van der Waals surface area contributed by atoms with Crippen LogP contribution < -0.4 is 10.6 Å². The standard InChI is InChI=1S/C10H17N3O/c1-8-6-10(12-7-9(8)11)13(2)4-5-14-3/h6-7H,4-5,11H2,1-3H3. The van der Waals surface area contributed by atoms with Crippen LogP contribution in [0.1, 0.15) is 5.56 Å². The van der Waals surface area contributed by atoms with Crippen LogP contribution in [-0.2, 0) is 4.74 Å². The molecular weight excluding hydrogens is 178 g/mol. The molecule has 0 amide bonds. The van der Waals surface area contributed by atoms with Crippen LogP contribution in [0, 0.1) is 6.92 Å². The van der Waals surface area contributed by atoms with E-state index in [1.54, 1.807) is 13.3 Å². The van der Waals surface area contributed by atoms with Crippen molar-refractivity contribution in [3.63, 3.8) is 0 Å². The van der Waals surface area contributed by atoms with Gasteiger partial charge >= 0.3 is 0 Å². The molecule has 0 aliphatic heterocycles. The Labute approximate surface area is 84.7 Å². The Balaban J connectivity index is 2.70. The number of nitrogens with zero attached hydrogens (tertiary/aromatic N) is 2. The molecule has 4 nitrogen and oxygen atoms in total. The van der Waals surface area contributed by atoms with Crippen molar-refractivity contribution in [2.75, 3.05) is 37.9 Å². The third kappa shape index (κ3) is 2.60. The van der Waals surface area contributed by atoms with Gasteiger partial charge in [0.1, 0.15) is 5.82 Å². The smallest absolute Gasteiger partial charge is 0.128 e. The lowest BCUT2D eigenvalue weighted by molar-refractivity contribution is 0.206. The van der Waals surface area contributed by atoms with E-state index in [0.29, 0.717) is 6.61 Å². The van der Waals surface area contributed by atoms with Gasteiger partial charge in [0.25, 0.3) is 0 Å². The fraction of sp³-hybridized carbons (Fsp3) is 0.500. The average Bonchev–Trinajstić information content (AvgIpc) is 2.18.